The van der Waals surface area contributed by atoms with Crippen LogP contribution in [0.1, 0.15) is 17.8 Å². The van der Waals surface area contributed by atoms with E-state index in [2.05, 4.69) is 20.8 Å². The standard InChI is InChI=1S/C13H17N5O.ClH/c1-18-9-12(15-10-18)5-6-13(19)17-16-8-11-4-2-3-7-14-11;/h2-4,7,9-10,16H,5-6,8H2,1H3,(H,17,19);1H. The van der Waals surface area contributed by atoms with E-state index in [1.807, 2.05) is 36.0 Å². The summed E-state index contributed by atoms with van der Waals surface area (Å²) in [5, 5.41) is 0. The summed E-state index contributed by atoms with van der Waals surface area (Å²) in [6.45, 7) is 0.510. The zero-order valence-corrected chi connectivity index (χ0v) is 12.1. The fourth-order valence-corrected chi connectivity index (χ4v) is 1.64. The normalized spacial score (nSPS) is 9.85. The Morgan fingerprint density at radius 2 is 2.15 bits per heavy atom. The number of amides is 1. The van der Waals surface area contributed by atoms with E-state index in [4.69, 9.17) is 0 Å². The molecule has 0 fully saturated rings. The number of aryl methyl sites for hydroxylation is 2. The lowest BCUT2D eigenvalue weighted by molar-refractivity contribution is -0.122. The van der Waals surface area contributed by atoms with Gasteiger partial charge in [0.05, 0.1) is 24.3 Å². The third-order valence-electron chi connectivity index (χ3n) is 2.59. The summed E-state index contributed by atoms with van der Waals surface area (Å²) < 4.78 is 1.87. The molecule has 0 aromatic carbocycles. The summed E-state index contributed by atoms with van der Waals surface area (Å²) in [5.41, 5.74) is 7.30. The van der Waals surface area contributed by atoms with Gasteiger partial charge in [0.2, 0.25) is 5.91 Å². The Hall–Kier alpha value is -1.92. The maximum absolute atomic E-state index is 11.6. The first-order valence-corrected chi connectivity index (χ1v) is 6.12. The Bertz CT molecular complexity index is 529. The lowest BCUT2D eigenvalue weighted by Gasteiger charge is -2.06. The number of imidazole rings is 1. The zero-order valence-electron chi connectivity index (χ0n) is 11.2. The molecule has 0 saturated carbocycles. The highest BCUT2D eigenvalue weighted by Crippen LogP contribution is 1.98. The summed E-state index contributed by atoms with van der Waals surface area (Å²) >= 11 is 0. The number of hydrogen-bond acceptors (Lipinski definition) is 4. The van der Waals surface area contributed by atoms with E-state index in [0.717, 1.165) is 11.4 Å². The van der Waals surface area contributed by atoms with Gasteiger partial charge in [-0.2, -0.15) is 0 Å². The van der Waals surface area contributed by atoms with Crippen LogP contribution in [0.5, 0.6) is 0 Å². The number of halogens is 1. The Kier molecular flexibility index (Phi) is 6.69. The molecule has 2 aromatic heterocycles. The number of aromatic nitrogens is 3. The monoisotopic (exact) mass is 295 g/mol. The van der Waals surface area contributed by atoms with Gasteiger partial charge < -0.3 is 4.57 Å². The summed E-state index contributed by atoms with van der Waals surface area (Å²) in [4.78, 5) is 19.9. The number of hydrazine groups is 1. The predicted molar refractivity (Wildman–Crippen MR) is 78.0 cm³/mol. The maximum atomic E-state index is 11.6. The van der Waals surface area contributed by atoms with E-state index in [1.54, 1.807) is 12.5 Å². The summed E-state index contributed by atoms with van der Waals surface area (Å²) in [7, 11) is 1.91. The molecule has 1 amide bonds. The second-order valence-corrected chi connectivity index (χ2v) is 4.25. The average molecular weight is 296 g/mol. The number of pyridine rings is 1. The van der Waals surface area contributed by atoms with Crippen LogP contribution in [0.25, 0.3) is 0 Å². The van der Waals surface area contributed by atoms with Crippen molar-refractivity contribution in [3.05, 3.63) is 48.3 Å². The molecule has 0 atom stereocenters. The molecule has 6 nitrogen and oxygen atoms in total. The molecule has 2 rings (SSSR count). The highest BCUT2D eigenvalue weighted by Gasteiger charge is 2.03. The number of rotatable bonds is 6. The number of nitrogens with one attached hydrogen (secondary N) is 2. The average Bonchev–Trinajstić information content (AvgIpc) is 2.83. The van der Waals surface area contributed by atoms with Gasteiger partial charge in [-0.25, -0.2) is 10.4 Å². The van der Waals surface area contributed by atoms with Gasteiger partial charge in [-0.15, -0.1) is 12.4 Å². The van der Waals surface area contributed by atoms with Crippen molar-refractivity contribution >= 4 is 18.3 Å². The first kappa shape index (κ1) is 16.1. The second-order valence-electron chi connectivity index (χ2n) is 4.25. The molecule has 2 N–H and O–H groups in total. The zero-order chi connectivity index (χ0) is 13.5. The number of carbonyl (C=O) groups is 1. The van der Waals surface area contributed by atoms with E-state index in [0.29, 0.717) is 19.4 Å². The topological polar surface area (TPSA) is 71.8 Å². The number of hydrogen-bond donors (Lipinski definition) is 2. The third kappa shape index (κ3) is 5.38. The van der Waals surface area contributed by atoms with Gasteiger partial charge in [-0.05, 0) is 18.6 Å². The van der Waals surface area contributed by atoms with Crippen LogP contribution in [-0.4, -0.2) is 20.4 Å². The van der Waals surface area contributed by atoms with Gasteiger partial charge in [0, 0.05) is 25.9 Å². The number of nitrogens with zero attached hydrogens (tertiary/aromatic N) is 3. The molecular weight excluding hydrogens is 278 g/mol. The molecule has 0 spiro atoms. The van der Waals surface area contributed by atoms with Gasteiger partial charge in [0.1, 0.15) is 0 Å². The van der Waals surface area contributed by atoms with Crippen LogP contribution in [-0.2, 0) is 24.8 Å². The minimum absolute atomic E-state index is 0. The van der Waals surface area contributed by atoms with Gasteiger partial charge in [0.25, 0.3) is 0 Å². The summed E-state index contributed by atoms with van der Waals surface area (Å²) in [6.07, 6.45) is 6.41. The van der Waals surface area contributed by atoms with Crippen molar-refractivity contribution in [2.45, 2.75) is 19.4 Å². The van der Waals surface area contributed by atoms with Crippen molar-refractivity contribution in [1.82, 2.24) is 25.4 Å². The molecule has 20 heavy (non-hydrogen) atoms. The van der Waals surface area contributed by atoms with Crippen molar-refractivity contribution in [2.75, 3.05) is 0 Å². The van der Waals surface area contributed by atoms with Crippen LogP contribution in [0, 0.1) is 0 Å². The van der Waals surface area contributed by atoms with E-state index in [-0.39, 0.29) is 18.3 Å². The van der Waals surface area contributed by atoms with E-state index < -0.39 is 0 Å². The fraction of sp³-hybridized carbons (Fsp3) is 0.308. The largest absolute Gasteiger partial charge is 0.340 e. The first-order chi connectivity index (χ1) is 9.24. The lowest BCUT2D eigenvalue weighted by Crippen LogP contribution is -2.37. The van der Waals surface area contributed by atoms with E-state index >= 15 is 0 Å². The van der Waals surface area contributed by atoms with Crippen LogP contribution >= 0.6 is 12.4 Å². The quantitative estimate of drug-likeness (QED) is 0.780. The van der Waals surface area contributed by atoms with Crippen molar-refractivity contribution in [3.63, 3.8) is 0 Å². The summed E-state index contributed by atoms with van der Waals surface area (Å²) in [6, 6.07) is 5.66. The molecule has 2 aromatic rings. The SMILES string of the molecule is Cl.Cn1cnc(CCC(=O)NNCc2ccccn2)c1. The fourth-order valence-electron chi connectivity index (χ4n) is 1.64. The van der Waals surface area contributed by atoms with Gasteiger partial charge >= 0.3 is 0 Å². The predicted octanol–water partition coefficient (Wildman–Crippen LogP) is 0.990. The third-order valence-corrected chi connectivity index (χ3v) is 2.59. The van der Waals surface area contributed by atoms with Gasteiger partial charge in [0.15, 0.2) is 0 Å². The summed E-state index contributed by atoms with van der Waals surface area (Å²) in [5.74, 6) is -0.0541. The lowest BCUT2D eigenvalue weighted by atomic mass is 10.2. The maximum Gasteiger partial charge on any atom is 0.234 e. The van der Waals surface area contributed by atoms with Crippen molar-refractivity contribution in [2.24, 2.45) is 7.05 Å². The molecule has 0 unspecified atom stereocenters. The molecule has 0 aliphatic rings. The van der Waals surface area contributed by atoms with Crippen LogP contribution < -0.4 is 10.9 Å². The molecule has 0 aliphatic carbocycles. The molecule has 7 heteroatoms. The van der Waals surface area contributed by atoms with Gasteiger partial charge in [-0.3, -0.25) is 15.2 Å². The smallest absolute Gasteiger partial charge is 0.234 e. The minimum Gasteiger partial charge on any atom is -0.340 e. The number of carbonyl (C=O) groups excluding carboxylic acids is 1. The van der Waals surface area contributed by atoms with Crippen molar-refractivity contribution in [3.8, 4) is 0 Å². The molecule has 108 valence electrons. The van der Waals surface area contributed by atoms with E-state index in [1.165, 1.54) is 0 Å². The highest BCUT2D eigenvalue weighted by molar-refractivity contribution is 5.85. The van der Waals surface area contributed by atoms with Crippen LogP contribution in [0.3, 0.4) is 0 Å². The molecule has 0 bridgehead atoms. The van der Waals surface area contributed by atoms with Crippen molar-refractivity contribution < 1.29 is 4.79 Å². The molecular formula is C13H18ClN5O. The highest BCUT2D eigenvalue weighted by atomic mass is 35.5. The van der Waals surface area contributed by atoms with Crippen LogP contribution in [0.15, 0.2) is 36.9 Å². The second kappa shape index (κ2) is 8.29. The van der Waals surface area contributed by atoms with Crippen LogP contribution in [0.4, 0.5) is 0 Å². The van der Waals surface area contributed by atoms with E-state index in [9.17, 15) is 4.79 Å². The Labute approximate surface area is 124 Å². The molecule has 0 aliphatic heterocycles. The Morgan fingerprint density at radius 1 is 1.30 bits per heavy atom. The van der Waals surface area contributed by atoms with Crippen molar-refractivity contribution in [1.29, 1.82) is 0 Å². The minimum atomic E-state index is -0.0541. The molecule has 2 heterocycles. The molecule has 0 radical (unpaired) electrons. The van der Waals surface area contributed by atoms with Gasteiger partial charge in [-0.1, -0.05) is 6.07 Å². The Balaban J connectivity index is 0.00000200. The van der Waals surface area contributed by atoms with Crippen LogP contribution in [0.2, 0.25) is 0 Å². The first-order valence-electron chi connectivity index (χ1n) is 6.12. The molecule has 0 saturated heterocycles. The Morgan fingerprint density at radius 3 is 2.80 bits per heavy atom.